The molecule has 2 aromatic carbocycles. The molecule has 0 saturated carbocycles. The Hall–Kier alpha value is -2.23. The van der Waals surface area contributed by atoms with Crippen LogP contribution in [-0.4, -0.2) is 16.3 Å². The maximum absolute atomic E-state index is 9.38. The Morgan fingerprint density at radius 3 is 2.48 bits per heavy atom. The highest BCUT2D eigenvalue weighted by molar-refractivity contribution is 9.10. The van der Waals surface area contributed by atoms with Crippen LogP contribution in [0.15, 0.2) is 40.9 Å². The Morgan fingerprint density at radius 1 is 1.12 bits per heavy atom. The van der Waals surface area contributed by atoms with Crippen molar-refractivity contribution in [1.82, 2.24) is 10.2 Å². The van der Waals surface area contributed by atoms with Gasteiger partial charge < -0.3 is 4.74 Å². The van der Waals surface area contributed by atoms with E-state index < -0.39 is 0 Å². The molecule has 3 rings (SSSR count). The van der Waals surface area contributed by atoms with Crippen LogP contribution in [0.4, 0.5) is 0 Å². The topological polar surface area (TPSA) is 58.8 Å². The van der Waals surface area contributed by atoms with Crippen molar-refractivity contribution < 1.29 is 4.74 Å². The molecule has 0 amide bonds. The predicted molar refractivity (Wildman–Crippen MR) is 104 cm³/mol. The Kier molecular flexibility index (Phi) is 5.16. The summed E-state index contributed by atoms with van der Waals surface area (Å²) in [5.41, 5.74) is 3.48. The first-order valence-corrected chi connectivity index (χ1v) is 9.40. The fraction of sp³-hybridized carbons (Fsp3) is 0.211. The van der Waals surface area contributed by atoms with Crippen molar-refractivity contribution in [2.75, 3.05) is 0 Å². The van der Waals surface area contributed by atoms with Gasteiger partial charge in [-0.2, -0.15) is 5.26 Å². The monoisotopic (exact) mass is 413 g/mol. The zero-order valence-electron chi connectivity index (χ0n) is 14.1. The van der Waals surface area contributed by atoms with Crippen LogP contribution in [0.5, 0.6) is 5.75 Å². The average molecular weight is 414 g/mol. The molecule has 0 unspecified atom stereocenters. The van der Waals surface area contributed by atoms with Crippen LogP contribution >= 0.6 is 27.3 Å². The van der Waals surface area contributed by atoms with Crippen LogP contribution in [-0.2, 0) is 0 Å². The summed E-state index contributed by atoms with van der Waals surface area (Å²) in [6.07, 6.45) is -0.0330. The third-order valence-electron chi connectivity index (χ3n) is 3.56. The van der Waals surface area contributed by atoms with E-state index in [2.05, 4.69) is 38.3 Å². The normalized spacial score (nSPS) is 10.7. The van der Waals surface area contributed by atoms with Gasteiger partial charge >= 0.3 is 0 Å². The van der Waals surface area contributed by atoms with Gasteiger partial charge in [-0.05, 0) is 50.6 Å². The lowest BCUT2D eigenvalue weighted by Crippen LogP contribution is -2.08. The number of rotatable bonds is 4. The Balaban J connectivity index is 2.07. The number of hydrogen-bond acceptors (Lipinski definition) is 5. The maximum atomic E-state index is 9.38. The predicted octanol–water partition coefficient (Wildman–Crippen LogP) is 5.60. The van der Waals surface area contributed by atoms with Crippen molar-refractivity contribution in [2.24, 2.45) is 0 Å². The van der Waals surface area contributed by atoms with Gasteiger partial charge in [0.2, 0.25) is 0 Å². The molecular weight excluding hydrogens is 398 g/mol. The minimum absolute atomic E-state index is 0.0330. The first-order chi connectivity index (χ1) is 12.0. The lowest BCUT2D eigenvalue weighted by molar-refractivity contribution is 0.243. The largest absolute Gasteiger partial charge is 0.489 e. The zero-order valence-corrected chi connectivity index (χ0v) is 16.5. The number of nitriles is 1. The summed E-state index contributed by atoms with van der Waals surface area (Å²) in [5, 5.41) is 19.6. The lowest BCUT2D eigenvalue weighted by Gasteiger charge is -2.14. The van der Waals surface area contributed by atoms with E-state index in [0.717, 1.165) is 31.2 Å². The number of halogens is 1. The molecule has 1 aromatic heterocycles. The molecule has 6 heteroatoms. The second-order valence-corrected chi connectivity index (χ2v) is 7.73. The summed E-state index contributed by atoms with van der Waals surface area (Å²) in [5.74, 6) is 0.565. The van der Waals surface area contributed by atoms with Gasteiger partial charge in [-0.15, -0.1) is 10.2 Å². The van der Waals surface area contributed by atoms with E-state index in [1.165, 1.54) is 11.3 Å². The Labute approximate surface area is 159 Å². The first kappa shape index (κ1) is 17.6. The molecule has 0 aliphatic heterocycles. The lowest BCUT2D eigenvalue weighted by atomic mass is 10.1. The molecular formula is C19H16BrN3OS. The fourth-order valence-electron chi connectivity index (χ4n) is 2.46. The molecule has 0 atom stereocenters. The third-order valence-corrected chi connectivity index (χ3v) is 5.05. The SMILES string of the molecule is Cc1cc(Br)ccc1-c1nnc(-c2cccc(C#N)c2OC(C)C)s1. The number of ether oxygens (including phenoxy) is 1. The molecule has 1 heterocycles. The molecule has 0 fully saturated rings. The van der Waals surface area contributed by atoms with Gasteiger partial charge in [-0.25, -0.2) is 0 Å². The van der Waals surface area contributed by atoms with E-state index in [9.17, 15) is 5.26 Å². The van der Waals surface area contributed by atoms with Crippen LogP contribution in [0.1, 0.15) is 25.0 Å². The summed E-state index contributed by atoms with van der Waals surface area (Å²) < 4.78 is 6.92. The number of aromatic nitrogens is 2. The zero-order chi connectivity index (χ0) is 18.0. The van der Waals surface area contributed by atoms with Gasteiger partial charge in [-0.3, -0.25) is 0 Å². The third kappa shape index (κ3) is 3.73. The van der Waals surface area contributed by atoms with Crippen molar-refractivity contribution in [3.63, 3.8) is 0 Å². The van der Waals surface area contributed by atoms with Crippen LogP contribution in [0.2, 0.25) is 0 Å². The molecule has 0 aliphatic rings. The fourth-order valence-corrected chi connectivity index (χ4v) is 3.90. The average Bonchev–Trinajstić information content (AvgIpc) is 3.04. The summed E-state index contributed by atoms with van der Waals surface area (Å²) in [7, 11) is 0. The molecule has 25 heavy (non-hydrogen) atoms. The maximum Gasteiger partial charge on any atom is 0.151 e. The Bertz CT molecular complexity index is 960. The molecule has 0 bridgehead atoms. The van der Waals surface area contributed by atoms with Crippen molar-refractivity contribution in [1.29, 1.82) is 5.26 Å². The molecule has 0 spiro atoms. The second-order valence-electron chi connectivity index (χ2n) is 5.83. The molecule has 126 valence electrons. The van der Waals surface area contributed by atoms with Crippen LogP contribution in [0.3, 0.4) is 0 Å². The van der Waals surface area contributed by atoms with Crippen LogP contribution in [0, 0.1) is 18.3 Å². The minimum atomic E-state index is -0.0330. The van der Waals surface area contributed by atoms with Crippen molar-refractivity contribution in [3.05, 3.63) is 52.0 Å². The van der Waals surface area contributed by atoms with E-state index in [0.29, 0.717) is 11.3 Å². The van der Waals surface area contributed by atoms with E-state index in [-0.39, 0.29) is 6.10 Å². The number of nitrogens with zero attached hydrogens (tertiary/aromatic N) is 3. The smallest absolute Gasteiger partial charge is 0.151 e. The molecule has 4 nitrogen and oxygen atoms in total. The molecule has 0 saturated heterocycles. The van der Waals surface area contributed by atoms with Gasteiger partial charge in [0.25, 0.3) is 0 Å². The summed E-state index contributed by atoms with van der Waals surface area (Å²) >= 11 is 4.97. The highest BCUT2D eigenvalue weighted by Crippen LogP contribution is 2.38. The number of hydrogen-bond donors (Lipinski definition) is 0. The van der Waals surface area contributed by atoms with Gasteiger partial charge in [-0.1, -0.05) is 39.4 Å². The second kappa shape index (κ2) is 7.34. The number of benzene rings is 2. The van der Waals surface area contributed by atoms with Crippen molar-refractivity contribution in [2.45, 2.75) is 26.9 Å². The highest BCUT2D eigenvalue weighted by atomic mass is 79.9. The summed E-state index contributed by atoms with van der Waals surface area (Å²) in [6, 6.07) is 13.8. The van der Waals surface area contributed by atoms with E-state index in [1.54, 1.807) is 6.07 Å². The quantitative estimate of drug-likeness (QED) is 0.558. The molecule has 3 aromatic rings. The van der Waals surface area contributed by atoms with Crippen LogP contribution < -0.4 is 4.74 Å². The van der Waals surface area contributed by atoms with E-state index in [1.807, 2.05) is 45.0 Å². The van der Waals surface area contributed by atoms with Crippen molar-refractivity contribution in [3.8, 4) is 33.0 Å². The summed E-state index contributed by atoms with van der Waals surface area (Å²) in [4.78, 5) is 0. The van der Waals surface area contributed by atoms with Crippen molar-refractivity contribution >= 4 is 27.3 Å². The standard InChI is InChI=1S/C19H16BrN3OS/c1-11(2)24-17-13(10-21)5-4-6-16(17)19-23-22-18(25-19)15-8-7-14(20)9-12(15)3/h4-9,11H,1-3H3. The number of aryl methyl sites for hydroxylation is 1. The molecule has 0 aliphatic carbocycles. The van der Waals surface area contributed by atoms with Crippen LogP contribution in [0.25, 0.3) is 21.1 Å². The van der Waals surface area contributed by atoms with Gasteiger partial charge in [0.15, 0.2) is 5.01 Å². The van der Waals surface area contributed by atoms with E-state index in [4.69, 9.17) is 4.74 Å². The first-order valence-electron chi connectivity index (χ1n) is 7.79. The molecule has 0 N–H and O–H groups in total. The molecule has 0 radical (unpaired) electrons. The van der Waals surface area contributed by atoms with Gasteiger partial charge in [0.1, 0.15) is 16.8 Å². The number of para-hydroxylation sites is 1. The minimum Gasteiger partial charge on any atom is -0.489 e. The van der Waals surface area contributed by atoms with Gasteiger partial charge in [0, 0.05) is 10.0 Å². The Morgan fingerprint density at radius 2 is 1.84 bits per heavy atom. The van der Waals surface area contributed by atoms with Gasteiger partial charge in [0.05, 0.1) is 17.2 Å². The van der Waals surface area contributed by atoms with E-state index >= 15 is 0 Å². The summed E-state index contributed by atoms with van der Waals surface area (Å²) in [6.45, 7) is 5.92. The highest BCUT2D eigenvalue weighted by Gasteiger charge is 2.18.